The smallest absolute Gasteiger partial charge is 0.387 e. The summed E-state index contributed by atoms with van der Waals surface area (Å²) in [5, 5.41) is 2.77. The van der Waals surface area contributed by atoms with Gasteiger partial charge in [0.25, 0.3) is 0 Å². The molecule has 0 heterocycles. The van der Waals surface area contributed by atoms with Crippen LogP contribution in [0.5, 0.6) is 5.75 Å². The van der Waals surface area contributed by atoms with Gasteiger partial charge in [-0.3, -0.25) is 4.79 Å². The van der Waals surface area contributed by atoms with Crippen LogP contribution in [0.15, 0.2) is 51.4 Å². The third-order valence-electron chi connectivity index (χ3n) is 5.75. The van der Waals surface area contributed by atoms with E-state index in [-0.39, 0.29) is 22.5 Å². The molecule has 0 bridgehead atoms. The Labute approximate surface area is 256 Å². The molecule has 1 aromatic rings. The van der Waals surface area contributed by atoms with Crippen molar-refractivity contribution in [2.75, 3.05) is 0 Å². The number of nitrogens with two attached hydrogens (primary N) is 2. The van der Waals surface area contributed by atoms with Crippen LogP contribution in [0.3, 0.4) is 0 Å². The number of nitrogens with zero attached hydrogens (tertiary/aromatic N) is 2. The van der Waals surface area contributed by atoms with Crippen LogP contribution in [0.2, 0.25) is 0 Å². The Morgan fingerprint density at radius 2 is 1.67 bits per heavy atom. The fourth-order valence-electron chi connectivity index (χ4n) is 3.61. The minimum Gasteiger partial charge on any atom is -0.432 e. The van der Waals surface area contributed by atoms with Crippen LogP contribution in [0.4, 0.5) is 13.2 Å². The van der Waals surface area contributed by atoms with Crippen molar-refractivity contribution in [2.24, 2.45) is 33.5 Å². The standard InChI is InChI=1S/C21H26F3N3O2.C6H12.C4H9NO.C2H6/c1-5-7-14(8-12(3)9-18(25)27-6-2)19(20(26)28)15-11-16(22)17(10-13(15)4)29-21(23)24;1-5(2)6-3-4-6;1-4(2,3)5-6;1-2/h6,8-11,21H,5,7,25H2,1-4H3,(H2,26,28);5-6H,3-4H2,1-2H3;1-3H3;1-2H3/b12-8+,18-9-,19-14-,27-6-;;;. The zero-order valence-corrected chi connectivity index (χ0v) is 27.9. The van der Waals surface area contributed by atoms with Gasteiger partial charge in [-0.2, -0.15) is 13.7 Å². The third-order valence-corrected chi connectivity index (χ3v) is 5.75. The number of primary amides is 1. The lowest BCUT2D eigenvalue weighted by atomic mass is 9.91. The van der Waals surface area contributed by atoms with Gasteiger partial charge in [-0.25, -0.2) is 9.38 Å². The highest BCUT2D eigenvalue weighted by atomic mass is 19.3. The first-order valence-electron chi connectivity index (χ1n) is 14.7. The Morgan fingerprint density at radius 3 is 2.02 bits per heavy atom. The maximum absolute atomic E-state index is 14.3. The number of hydrogen-bond acceptors (Lipinski definition) is 6. The number of allylic oxidation sites excluding steroid dienone is 4. The molecule has 0 spiro atoms. The Hall–Kier alpha value is -3.43. The molecule has 4 N–H and O–H groups in total. The molecule has 1 amide bonds. The van der Waals surface area contributed by atoms with Crippen LogP contribution in [0.1, 0.15) is 106 Å². The van der Waals surface area contributed by atoms with Gasteiger partial charge in [0.15, 0.2) is 11.6 Å². The fourth-order valence-corrected chi connectivity index (χ4v) is 3.61. The maximum atomic E-state index is 14.3. The monoisotopic (exact) mass is 610 g/mol. The summed E-state index contributed by atoms with van der Waals surface area (Å²) in [6.45, 7) is 17.7. The molecule has 0 atom stereocenters. The number of benzene rings is 1. The summed E-state index contributed by atoms with van der Waals surface area (Å²) >= 11 is 0. The summed E-state index contributed by atoms with van der Waals surface area (Å²) < 4.78 is 43.4. The van der Waals surface area contributed by atoms with Crippen molar-refractivity contribution in [1.29, 1.82) is 0 Å². The maximum Gasteiger partial charge on any atom is 0.387 e. The van der Waals surface area contributed by atoms with E-state index >= 15 is 0 Å². The van der Waals surface area contributed by atoms with E-state index in [1.54, 1.807) is 59.9 Å². The van der Waals surface area contributed by atoms with Crippen LogP contribution in [-0.2, 0) is 4.79 Å². The first kappa shape index (κ1) is 41.7. The van der Waals surface area contributed by atoms with Crippen molar-refractivity contribution in [3.63, 3.8) is 0 Å². The summed E-state index contributed by atoms with van der Waals surface area (Å²) in [4.78, 5) is 25.8. The molecule has 7 nitrogen and oxygen atoms in total. The quantitative estimate of drug-likeness (QED) is 0.119. The number of nitroso groups, excluding NO2 is 1. The lowest BCUT2D eigenvalue weighted by Crippen LogP contribution is -2.16. The second-order valence-electron chi connectivity index (χ2n) is 11.2. The molecule has 1 saturated carbocycles. The predicted octanol–water partition coefficient (Wildman–Crippen LogP) is 9.24. The van der Waals surface area contributed by atoms with Gasteiger partial charge >= 0.3 is 6.61 Å². The minimum absolute atomic E-state index is 0.108. The second-order valence-corrected chi connectivity index (χ2v) is 11.2. The number of aryl methyl sites for hydroxylation is 1. The van der Waals surface area contributed by atoms with Crippen LogP contribution in [0, 0.1) is 29.5 Å². The van der Waals surface area contributed by atoms with Crippen LogP contribution >= 0.6 is 0 Å². The zero-order valence-electron chi connectivity index (χ0n) is 27.9. The Balaban J connectivity index is 0. The predicted molar refractivity (Wildman–Crippen MR) is 173 cm³/mol. The Bertz CT molecular complexity index is 1130. The molecule has 2 rings (SSSR count). The highest BCUT2D eigenvalue weighted by Gasteiger charge is 2.24. The zero-order chi connectivity index (χ0) is 33.9. The molecule has 0 radical (unpaired) electrons. The summed E-state index contributed by atoms with van der Waals surface area (Å²) in [5.74, 6) is -0.0147. The van der Waals surface area contributed by atoms with E-state index in [1.807, 2.05) is 20.8 Å². The Kier molecular flexibility index (Phi) is 20.6. The van der Waals surface area contributed by atoms with E-state index in [1.165, 1.54) is 12.8 Å². The highest BCUT2D eigenvalue weighted by Crippen LogP contribution is 2.35. The summed E-state index contributed by atoms with van der Waals surface area (Å²) in [5.41, 5.74) is 13.0. The molecule has 0 aromatic heterocycles. The molecule has 0 unspecified atom stereocenters. The molecular weight excluding hydrogens is 557 g/mol. The van der Waals surface area contributed by atoms with E-state index in [2.05, 4.69) is 28.8 Å². The average Bonchev–Trinajstić information content (AvgIpc) is 3.74. The number of hydrogen-bond donors (Lipinski definition) is 2. The van der Waals surface area contributed by atoms with E-state index < -0.39 is 24.1 Å². The van der Waals surface area contributed by atoms with Gasteiger partial charge in [0.05, 0.1) is 5.54 Å². The van der Waals surface area contributed by atoms with E-state index in [9.17, 15) is 22.9 Å². The highest BCUT2D eigenvalue weighted by molar-refractivity contribution is 6.20. The molecule has 1 aliphatic carbocycles. The molecule has 244 valence electrons. The molecule has 0 aliphatic heterocycles. The van der Waals surface area contributed by atoms with E-state index in [4.69, 9.17) is 11.5 Å². The minimum atomic E-state index is -3.16. The third kappa shape index (κ3) is 18.7. The van der Waals surface area contributed by atoms with E-state index in [0.717, 1.165) is 24.0 Å². The van der Waals surface area contributed by atoms with Gasteiger partial charge in [-0.15, -0.1) is 0 Å². The summed E-state index contributed by atoms with van der Waals surface area (Å²) in [6, 6.07) is 2.10. The average molecular weight is 611 g/mol. The molecule has 1 aliphatic rings. The van der Waals surface area contributed by atoms with Crippen molar-refractivity contribution in [1.82, 2.24) is 0 Å². The first-order chi connectivity index (χ1) is 20.0. The van der Waals surface area contributed by atoms with Crippen molar-refractivity contribution < 1.29 is 22.7 Å². The van der Waals surface area contributed by atoms with Crippen molar-refractivity contribution in [3.05, 3.63) is 63.1 Å². The number of halogens is 3. The number of alkyl halides is 2. The van der Waals surface area contributed by atoms with E-state index in [0.29, 0.717) is 29.6 Å². The fraction of sp³-hybridized carbons (Fsp3) is 0.576. The van der Waals surface area contributed by atoms with Crippen LogP contribution in [0.25, 0.3) is 5.57 Å². The van der Waals surface area contributed by atoms with Gasteiger partial charge in [-0.1, -0.05) is 52.3 Å². The summed E-state index contributed by atoms with van der Waals surface area (Å²) in [6.07, 6.45) is 9.07. The second kappa shape index (κ2) is 21.3. The molecule has 0 saturated heterocycles. The van der Waals surface area contributed by atoms with Gasteiger partial charge in [-0.05, 0) is 113 Å². The van der Waals surface area contributed by atoms with Crippen LogP contribution < -0.4 is 16.2 Å². The lowest BCUT2D eigenvalue weighted by Gasteiger charge is -2.15. The number of rotatable bonds is 10. The molecule has 43 heavy (non-hydrogen) atoms. The van der Waals surface area contributed by atoms with Gasteiger partial charge in [0.2, 0.25) is 5.91 Å². The SMILES string of the molecule is CC.CC(C)(C)N=O.CC(C)C1CC1.C\C=N/C(N)=C\C(C)=C\C(CCC)=C(/C(N)=O)c1cc(F)c(OC(F)F)cc1C. The van der Waals surface area contributed by atoms with Gasteiger partial charge in [0, 0.05) is 11.8 Å². The number of ether oxygens (including phenoxy) is 1. The van der Waals surface area contributed by atoms with Gasteiger partial charge in [0.1, 0.15) is 5.82 Å². The lowest BCUT2D eigenvalue weighted by molar-refractivity contribution is -0.112. The molecule has 1 fully saturated rings. The molecular formula is C33H53F3N4O3. The van der Waals surface area contributed by atoms with Gasteiger partial charge < -0.3 is 16.2 Å². The normalized spacial score (nSPS) is 14.1. The Morgan fingerprint density at radius 1 is 1.14 bits per heavy atom. The summed E-state index contributed by atoms with van der Waals surface area (Å²) in [7, 11) is 0. The topological polar surface area (TPSA) is 120 Å². The first-order valence-corrected chi connectivity index (χ1v) is 14.7. The number of amides is 1. The molecule has 1 aromatic carbocycles. The van der Waals surface area contributed by atoms with Crippen molar-refractivity contribution in [3.8, 4) is 5.75 Å². The molecule has 10 heteroatoms. The van der Waals surface area contributed by atoms with Crippen LogP contribution in [-0.4, -0.2) is 24.3 Å². The van der Waals surface area contributed by atoms with Crippen molar-refractivity contribution >= 4 is 17.7 Å². The largest absolute Gasteiger partial charge is 0.432 e. The van der Waals surface area contributed by atoms with Crippen molar-refractivity contribution in [2.45, 2.75) is 114 Å². The number of carbonyl (C=O) groups is 1. The number of aliphatic imine (C=N–C) groups is 1. The number of carbonyl (C=O) groups excluding carboxylic acids is 1.